The monoisotopic (exact) mass is 222 g/mol. The summed E-state index contributed by atoms with van der Waals surface area (Å²) in [5.74, 6) is 2.82. The molecule has 0 bridgehead atoms. The fourth-order valence-corrected chi connectivity index (χ4v) is 1.95. The molecule has 0 spiro atoms. The van der Waals surface area contributed by atoms with Gasteiger partial charge in [-0.3, -0.25) is 0 Å². The van der Waals surface area contributed by atoms with Gasteiger partial charge >= 0.3 is 0 Å². The third kappa shape index (κ3) is 3.06. The maximum Gasteiger partial charge on any atom is 0.229 e. The number of aromatic nitrogens is 2. The number of nitrogens with zero attached hydrogens (tertiary/aromatic N) is 2. The molecule has 1 saturated carbocycles. The lowest BCUT2D eigenvalue weighted by molar-refractivity contribution is 0.370. The Hall–Kier alpha value is -0.860. The van der Waals surface area contributed by atoms with Crippen molar-refractivity contribution in [3.8, 4) is 0 Å². The molecule has 1 aliphatic rings. The van der Waals surface area contributed by atoms with Crippen molar-refractivity contribution in [2.75, 3.05) is 0 Å². The summed E-state index contributed by atoms with van der Waals surface area (Å²) in [7, 11) is 0. The summed E-state index contributed by atoms with van der Waals surface area (Å²) in [6, 6.07) is 0. The summed E-state index contributed by atoms with van der Waals surface area (Å²) in [5, 5.41) is 4.09. The highest BCUT2D eigenvalue weighted by molar-refractivity contribution is 5.03. The Morgan fingerprint density at radius 2 is 2.12 bits per heavy atom. The molecule has 1 fully saturated rings. The second kappa shape index (κ2) is 5.46. The molecule has 1 aromatic rings. The molecule has 0 radical (unpaired) electrons. The van der Waals surface area contributed by atoms with Gasteiger partial charge in [0.2, 0.25) is 5.89 Å². The first-order valence-corrected chi connectivity index (χ1v) is 6.64. The van der Waals surface area contributed by atoms with Gasteiger partial charge in [0.15, 0.2) is 5.82 Å². The van der Waals surface area contributed by atoms with Gasteiger partial charge in [-0.2, -0.15) is 4.98 Å². The van der Waals surface area contributed by atoms with E-state index in [9.17, 15) is 0 Å². The van der Waals surface area contributed by atoms with Gasteiger partial charge in [-0.05, 0) is 19.3 Å². The largest absolute Gasteiger partial charge is 0.339 e. The lowest BCUT2D eigenvalue weighted by Crippen LogP contribution is -1.96. The molecule has 2 rings (SSSR count). The minimum Gasteiger partial charge on any atom is -0.339 e. The van der Waals surface area contributed by atoms with E-state index in [1.807, 2.05) is 0 Å². The van der Waals surface area contributed by atoms with Gasteiger partial charge in [0, 0.05) is 11.8 Å². The normalized spacial score (nSPS) is 17.6. The molecule has 0 aliphatic heterocycles. The molecule has 1 heterocycles. The summed E-state index contributed by atoms with van der Waals surface area (Å²) in [6.07, 6.45) is 8.88. The van der Waals surface area contributed by atoms with Gasteiger partial charge in [-0.25, -0.2) is 0 Å². The molecule has 0 N–H and O–H groups in total. The smallest absolute Gasteiger partial charge is 0.229 e. The first-order chi connectivity index (χ1) is 7.81. The molecule has 0 amide bonds. The van der Waals surface area contributed by atoms with Crippen molar-refractivity contribution in [2.45, 2.75) is 70.6 Å². The number of hydrogen-bond acceptors (Lipinski definition) is 3. The Kier molecular flexibility index (Phi) is 3.97. The van der Waals surface area contributed by atoms with Crippen LogP contribution in [-0.4, -0.2) is 10.1 Å². The van der Waals surface area contributed by atoms with E-state index in [1.54, 1.807) is 0 Å². The third-order valence-corrected chi connectivity index (χ3v) is 3.32. The van der Waals surface area contributed by atoms with Crippen LogP contribution in [0.4, 0.5) is 0 Å². The van der Waals surface area contributed by atoms with E-state index in [0.717, 1.165) is 11.7 Å². The van der Waals surface area contributed by atoms with Crippen molar-refractivity contribution in [3.63, 3.8) is 0 Å². The first-order valence-electron chi connectivity index (χ1n) is 6.64. The van der Waals surface area contributed by atoms with Crippen LogP contribution >= 0.6 is 0 Å². The molecule has 1 aromatic heterocycles. The predicted octanol–water partition coefficient (Wildman–Crippen LogP) is 4.02. The fraction of sp³-hybridized carbons (Fsp3) is 0.846. The van der Waals surface area contributed by atoms with E-state index in [1.165, 1.54) is 44.9 Å². The molecule has 0 aromatic carbocycles. The topological polar surface area (TPSA) is 38.9 Å². The van der Waals surface area contributed by atoms with Crippen LogP contribution in [0.2, 0.25) is 0 Å². The SMILES string of the molecule is CCCCCCC(C)c1noc(C2CC2)n1. The molecular formula is C13H22N2O. The van der Waals surface area contributed by atoms with Gasteiger partial charge in [-0.1, -0.05) is 44.7 Å². The quantitative estimate of drug-likeness (QED) is 0.654. The fourth-order valence-electron chi connectivity index (χ4n) is 1.95. The van der Waals surface area contributed by atoms with Crippen LogP contribution in [0.5, 0.6) is 0 Å². The van der Waals surface area contributed by atoms with Crippen LogP contribution in [-0.2, 0) is 0 Å². The van der Waals surface area contributed by atoms with E-state index < -0.39 is 0 Å². The van der Waals surface area contributed by atoms with E-state index in [2.05, 4.69) is 24.0 Å². The number of hydrogen-bond donors (Lipinski definition) is 0. The second-order valence-electron chi connectivity index (χ2n) is 5.02. The maximum atomic E-state index is 5.28. The van der Waals surface area contributed by atoms with Crippen molar-refractivity contribution in [1.82, 2.24) is 10.1 Å². The molecule has 1 unspecified atom stereocenters. The maximum absolute atomic E-state index is 5.28. The Morgan fingerprint density at radius 1 is 1.31 bits per heavy atom. The number of rotatable bonds is 7. The predicted molar refractivity (Wildman–Crippen MR) is 63.4 cm³/mol. The standard InChI is InChI=1S/C13H22N2O/c1-3-4-5-6-7-10(2)12-14-13(16-15-12)11-8-9-11/h10-11H,3-9H2,1-2H3. The summed E-state index contributed by atoms with van der Waals surface area (Å²) in [5.41, 5.74) is 0. The summed E-state index contributed by atoms with van der Waals surface area (Å²) in [6.45, 7) is 4.44. The Balaban J connectivity index is 1.76. The van der Waals surface area contributed by atoms with Gasteiger partial charge in [-0.15, -0.1) is 0 Å². The highest BCUT2D eigenvalue weighted by atomic mass is 16.5. The van der Waals surface area contributed by atoms with Crippen LogP contribution in [0.25, 0.3) is 0 Å². The Morgan fingerprint density at radius 3 is 2.81 bits per heavy atom. The van der Waals surface area contributed by atoms with Gasteiger partial charge in [0.05, 0.1) is 0 Å². The third-order valence-electron chi connectivity index (χ3n) is 3.32. The van der Waals surface area contributed by atoms with Gasteiger partial charge in [0.25, 0.3) is 0 Å². The van der Waals surface area contributed by atoms with Crippen LogP contribution in [0.15, 0.2) is 4.52 Å². The van der Waals surface area contributed by atoms with Crippen LogP contribution in [0, 0.1) is 0 Å². The molecule has 3 nitrogen and oxygen atoms in total. The zero-order valence-corrected chi connectivity index (χ0v) is 10.4. The van der Waals surface area contributed by atoms with Crippen molar-refractivity contribution in [3.05, 3.63) is 11.7 Å². The minimum atomic E-state index is 0.452. The van der Waals surface area contributed by atoms with Crippen LogP contribution < -0.4 is 0 Å². The highest BCUT2D eigenvalue weighted by Gasteiger charge is 2.30. The zero-order valence-electron chi connectivity index (χ0n) is 10.4. The Bertz CT molecular complexity index is 317. The summed E-state index contributed by atoms with van der Waals surface area (Å²) < 4.78 is 5.28. The molecular weight excluding hydrogens is 200 g/mol. The molecule has 3 heteroatoms. The Labute approximate surface area is 97.6 Å². The lowest BCUT2D eigenvalue weighted by atomic mass is 10.0. The zero-order chi connectivity index (χ0) is 11.4. The molecule has 1 atom stereocenters. The average molecular weight is 222 g/mol. The minimum absolute atomic E-state index is 0.452. The van der Waals surface area contributed by atoms with Gasteiger partial charge in [0.1, 0.15) is 0 Å². The van der Waals surface area contributed by atoms with Gasteiger partial charge < -0.3 is 4.52 Å². The van der Waals surface area contributed by atoms with Crippen molar-refractivity contribution in [2.24, 2.45) is 0 Å². The molecule has 1 aliphatic carbocycles. The van der Waals surface area contributed by atoms with Crippen LogP contribution in [0.3, 0.4) is 0 Å². The summed E-state index contributed by atoms with van der Waals surface area (Å²) >= 11 is 0. The summed E-state index contributed by atoms with van der Waals surface area (Å²) in [4.78, 5) is 4.49. The van der Waals surface area contributed by atoms with E-state index >= 15 is 0 Å². The van der Waals surface area contributed by atoms with E-state index in [0.29, 0.717) is 11.8 Å². The molecule has 16 heavy (non-hydrogen) atoms. The molecule has 0 saturated heterocycles. The lowest BCUT2D eigenvalue weighted by Gasteiger charge is -2.05. The number of unbranched alkanes of at least 4 members (excludes halogenated alkanes) is 3. The van der Waals surface area contributed by atoms with Crippen molar-refractivity contribution < 1.29 is 4.52 Å². The van der Waals surface area contributed by atoms with Crippen LogP contribution in [0.1, 0.15) is 82.3 Å². The average Bonchev–Trinajstić information content (AvgIpc) is 3.02. The highest BCUT2D eigenvalue weighted by Crippen LogP contribution is 2.39. The second-order valence-corrected chi connectivity index (χ2v) is 5.02. The van der Waals surface area contributed by atoms with Crippen molar-refractivity contribution >= 4 is 0 Å². The van der Waals surface area contributed by atoms with E-state index in [4.69, 9.17) is 4.52 Å². The molecule has 90 valence electrons. The van der Waals surface area contributed by atoms with Crippen molar-refractivity contribution in [1.29, 1.82) is 0 Å². The van der Waals surface area contributed by atoms with E-state index in [-0.39, 0.29) is 0 Å². The first kappa shape index (κ1) is 11.6.